The molecule has 3 N–H and O–H groups in total. The number of fused-ring (bicyclic) bond motifs is 2. The first-order valence-electron chi connectivity index (χ1n) is 11.0. The predicted molar refractivity (Wildman–Crippen MR) is 120 cm³/mol. The fourth-order valence-corrected chi connectivity index (χ4v) is 4.58. The molecule has 1 aliphatic rings. The Labute approximate surface area is 195 Å². The molecule has 0 saturated heterocycles. The minimum Gasteiger partial charge on any atom is -0.478 e. The lowest BCUT2D eigenvalue weighted by Crippen LogP contribution is -2.39. The number of alkyl carbamates (subject to hydrolysis) is 1. The number of H-pyrrole nitrogens is 1. The van der Waals surface area contributed by atoms with Gasteiger partial charge in [-0.1, -0.05) is 17.3 Å². The van der Waals surface area contributed by atoms with Gasteiger partial charge in [0.05, 0.1) is 11.0 Å². The molecule has 0 spiro atoms. The van der Waals surface area contributed by atoms with Gasteiger partial charge in [0.2, 0.25) is 0 Å². The van der Waals surface area contributed by atoms with Crippen molar-refractivity contribution in [1.29, 1.82) is 0 Å². The smallest absolute Gasteiger partial charge is 0.407 e. The number of benzene rings is 2. The van der Waals surface area contributed by atoms with Crippen molar-refractivity contribution >= 4 is 12.1 Å². The molecule has 1 amide bonds. The monoisotopic (exact) mass is 467 g/mol. The van der Waals surface area contributed by atoms with Crippen LogP contribution in [-0.2, 0) is 23.0 Å². The molecule has 34 heavy (non-hydrogen) atoms. The van der Waals surface area contributed by atoms with E-state index in [4.69, 9.17) is 4.74 Å². The summed E-state index contributed by atoms with van der Waals surface area (Å²) in [5, 5.41) is 27.1. The number of nitrogens with zero attached hydrogens (tertiary/aromatic N) is 3. The van der Waals surface area contributed by atoms with E-state index in [1.807, 2.05) is 0 Å². The molecule has 10 heteroatoms. The van der Waals surface area contributed by atoms with Crippen LogP contribution < -0.4 is 5.32 Å². The van der Waals surface area contributed by atoms with Crippen molar-refractivity contribution in [3.05, 3.63) is 75.9 Å². The molecule has 1 aromatic heterocycles. The van der Waals surface area contributed by atoms with Gasteiger partial charge in [-0.3, -0.25) is 0 Å². The Morgan fingerprint density at radius 3 is 2.44 bits per heavy atom. The van der Waals surface area contributed by atoms with Crippen molar-refractivity contribution in [1.82, 2.24) is 25.9 Å². The second-order valence-corrected chi connectivity index (χ2v) is 9.30. The number of ether oxygens (including phenoxy) is 1. The molecular weight excluding hydrogens is 441 g/mol. The number of aromatic carboxylic acids is 1. The van der Waals surface area contributed by atoms with Crippen LogP contribution in [0.4, 0.5) is 9.18 Å². The first-order valence-corrected chi connectivity index (χ1v) is 11.0. The van der Waals surface area contributed by atoms with Crippen LogP contribution in [0.25, 0.3) is 0 Å². The Morgan fingerprint density at radius 2 is 1.82 bits per heavy atom. The Kier molecular flexibility index (Phi) is 6.07. The molecule has 0 bridgehead atoms. The maximum Gasteiger partial charge on any atom is 0.407 e. The molecule has 1 aliphatic carbocycles. The first-order chi connectivity index (χ1) is 16.1. The number of carboxylic acid groups (broad SMARTS) is 1. The molecule has 1 heterocycles. The van der Waals surface area contributed by atoms with Crippen molar-refractivity contribution in [2.75, 3.05) is 6.54 Å². The average Bonchev–Trinajstić information content (AvgIpc) is 3.26. The number of rotatable bonds is 5. The Bertz CT molecular complexity index is 1220. The van der Waals surface area contributed by atoms with Gasteiger partial charge in [-0.25, -0.2) is 14.0 Å². The summed E-state index contributed by atoms with van der Waals surface area (Å²) in [6, 6.07) is 9.48. The van der Waals surface area contributed by atoms with Crippen molar-refractivity contribution in [2.45, 2.75) is 51.0 Å². The van der Waals surface area contributed by atoms with Crippen LogP contribution in [0, 0.1) is 5.82 Å². The van der Waals surface area contributed by atoms with Gasteiger partial charge in [0.15, 0.2) is 5.82 Å². The standard InChI is InChI=1S/C24H26FN5O4/c1-23(2,3)34-22(33)26-11-10-24(21-27-29-30-28-21)18-8-6-16(20(31)32)12-14(18)4-5-15-13-17(25)7-9-19(15)24/h6-9,12-13H,4-5,10-11H2,1-3H3,(H,26,33)(H,31,32)(H,27,28,29,30). The van der Waals surface area contributed by atoms with E-state index in [2.05, 4.69) is 25.9 Å². The van der Waals surface area contributed by atoms with Crippen LogP contribution in [0.15, 0.2) is 36.4 Å². The third kappa shape index (κ3) is 4.48. The van der Waals surface area contributed by atoms with E-state index >= 15 is 0 Å². The SMILES string of the molecule is CC(C)(C)OC(=O)NCCC1(c2nn[nH]n2)c2ccc(F)cc2CCc2cc(C(=O)O)ccc21. The quantitative estimate of drug-likeness (QED) is 0.524. The van der Waals surface area contributed by atoms with Gasteiger partial charge in [0.1, 0.15) is 11.4 Å². The molecular formula is C24H26FN5O4. The predicted octanol–water partition coefficient (Wildman–Crippen LogP) is 3.38. The molecule has 4 rings (SSSR count). The third-order valence-corrected chi connectivity index (χ3v) is 5.90. The van der Waals surface area contributed by atoms with Crippen molar-refractivity contribution < 1.29 is 23.8 Å². The first kappa shape index (κ1) is 23.3. The van der Waals surface area contributed by atoms with Gasteiger partial charge in [-0.05, 0) is 86.6 Å². The number of aryl methyl sites for hydroxylation is 2. The largest absolute Gasteiger partial charge is 0.478 e. The van der Waals surface area contributed by atoms with Gasteiger partial charge >= 0.3 is 12.1 Å². The average molecular weight is 468 g/mol. The van der Waals surface area contributed by atoms with Crippen molar-refractivity contribution in [2.24, 2.45) is 0 Å². The highest BCUT2D eigenvalue weighted by molar-refractivity contribution is 5.88. The zero-order chi connectivity index (χ0) is 24.5. The maximum absolute atomic E-state index is 14.2. The van der Waals surface area contributed by atoms with E-state index in [-0.39, 0.29) is 17.9 Å². The number of halogens is 1. The fraction of sp³-hybridized carbons (Fsp3) is 0.375. The third-order valence-electron chi connectivity index (χ3n) is 5.90. The van der Waals surface area contributed by atoms with Gasteiger partial charge in [0, 0.05) is 6.54 Å². The summed E-state index contributed by atoms with van der Waals surface area (Å²) in [5.74, 6) is -1.06. The highest BCUT2D eigenvalue weighted by Gasteiger charge is 2.44. The Balaban J connectivity index is 1.85. The molecule has 0 saturated carbocycles. The number of hydrogen-bond donors (Lipinski definition) is 3. The number of hydrogen-bond acceptors (Lipinski definition) is 6. The highest BCUT2D eigenvalue weighted by atomic mass is 19.1. The normalized spacial score (nSPS) is 17.3. The number of carboxylic acids is 1. The van der Waals surface area contributed by atoms with E-state index < -0.39 is 23.1 Å². The summed E-state index contributed by atoms with van der Waals surface area (Å²) in [5.41, 5.74) is 1.62. The van der Waals surface area contributed by atoms with Crippen LogP contribution in [0.3, 0.4) is 0 Å². The van der Waals surface area contributed by atoms with Gasteiger partial charge < -0.3 is 15.2 Å². The van der Waals surface area contributed by atoms with Crippen LogP contribution in [-0.4, -0.2) is 49.9 Å². The molecule has 178 valence electrons. The summed E-state index contributed by atoms with van der Waals surface area (Å²) in [6.07, 6.45) is 0.753. The fourth-order valence-electron chi connectivity index (χ4n) is 4.58. The zero-order valence-electron chi connectivity index (χ0n) is 19.2. The molecule has 0 aliphatic heterocycles. The summed E-state index contributed by atoms with van der Waals surface area (Å²) in [7, 11) is 0. The molecule has 1 unspecified atom stereocenters. The summed E-state index contributed by atoms with van der Waals surface area (Å²) in [4.78, 5) is 24.0. The molecule has 0 fully saturated rings. The molecule has 2 aromatic carbocycles. The van der Waals surface area contributed by atoms with Crippen LogP contribution in [0.5, 0.6) is 0 Å². The van der Waals surface area contributed by atoms with E-state index in [0.29, 0.717) is 25.1 Å². The lowest BCUT2D eigenvalue weighted by molar-refractivity contribution is 0.0524. The van der Waals surface area contributed by atoms with E-state index in [9.17, 15) is 19.1 Å². The number of aromatic amines is 1. The van der Waals surface area contributed by atoms with E-state index in [1.54, 1.807) is 39.0 Å². The zero-order valence-corrected chi connectivity index (χ0v) is 19.2. The Morgan fingerprint density at radius 1 is 1.15 bits per heavy atom. The maximum atomic E-state index is 14.2. The lowest BCUT2D eigenvalue weighted by atomic mass is 9.69. The minimum atomic E-state index is -1.03. The Hall–Kier alpha value is -3.82. The van der Waals surface area contributed by atoms with Crippen LogP contribution >= 0.6 is 0 Å². The topological polar surface area (TPSA) is 130 Å². The number of carbonyl (C=O) groups is 2. The highest BCUT2D eigenvalue weighted by Crippen LogP contribution is 2.45. The molecule has 0 radical (unpaired) electrons. The number of amides is 1. The van der Waals surface area contributed by atoms with E-state index in [1.165, 1.54) is 18.2 Å². The van der Waals surface area contributed by atoms with Crippen molar-refractivity contribution in [3.8, 4) is 0 Å². The summed E-state index contributed by atoms with van der Waals surface area (Å²) < 4.78 is 19.6. The van der Waals surface area contributed by atoms with Crippen molar-refractivity contribution in [3.63, 3.8) is 0 Å². The number of nitrogens with one attached hydrogen (secondary N) is 2. The van der Waals surface area contributed by atoms with Gasteiger partial charge in [-0.15, -0.1) is 10.2 Å². The van der Waals surface area contributed by atoms with Crippen LogP contribution in [0.1, 0.15) is 65.6 Å². The van der Waals surface area contributed by atoms with Gasteiger partial charge in [0.25, 0.3) is 0 Å². The molecule has 1 atom stereocenters. The summed E-state index contributed by atoms with van der Waals surface area (Å²) in [6.45, 7) is 5.53. The molecule has 3 aromatic rings. The van der Waals surface area contributed by atoms with Crippen LogP contribution in [0.2, 0.25) is 0 Å². The van der Waals surface area contributed by atoms with E-state index in [0.717, 1.165) is 22.3 Å². The van der Waals surface area contributed by atoms with Gasteiger partial charge in [-0.2, -0.15) is 5.21 Å². The summed E-state index contributed by atoms with van der Waals surface area (Å²) >= 11 is 0. The molecule has 9 nitrogen and oxygen atoms in total. The minimum absolute atomic E-state index is 0.157. The number of aromatic nitrogens is 4. The number of tetrazole rings is 1. The second-order valence-electron chi connectivity index (χ2n) is 9.30. The lowest BCUT2D eigenvalue weighted by Gasteiger charge is -2.34. The number of carbonyl (C=O) groups excluding carboxylic acids is 1. The second kappa shape index (κ2) is 8.85.